The number of nitrogens with one attached hydrogen (secondary N) is 1. The van der Waals surface area contributed by atoms with Crippen LogP contribution in [-0.2, 0) is 23.0 Å². The zero-order valence-corrected chi connectivity index (χ0v) is 14.0. The topological polar surface area (TPSA) is 59.1 Å². The monoisotopic (exact) mass is 344 g/mol. The standard InChI is InChI=1S/C17H16N2O2S2/c20-23(21,16-9-5-2-6-10-16)19-13-17-18-12-15(22-17)11-14-7-3-1-4-8-14/h1-10,12,19H,11,13H2. The third-order valence-electron chi connectivity index (χ3n) is 3.29. The fourth-order valence-corrected chi connectivity index (χ4v) is 4.15. The van der Waals surface area contributed by atoms with E-state index in [0.717, 1.165) is 16.3 Å². The van der Waals surface area contributed by atoms with Gasteiger partial charge in [-0.15, -0.1) is 11.3 Å². The van der Waals surface area contributed by atoms with Crippen LogP contribution in [0.3, 0.4) is 0 Å². The Morgan fingerprint density at radius 3 is 2.30 bits per heavy atom. The van der Waals surface area contributed by atoms with Crippen LogP contribution in [-0.4, -0.2) is 13.4 Å². The van der Waals surface area contributed by atoms with Crippen molar-refractivity contribution in [2.75, 3.05) is 0 Å². The van der Waals surface area contributed by atoms with Gasteiger partial charge in [-0.05, 0) is 17.7 Å². The fraction of sp³-hybridized carbons (Fsp3) is 0.118. The number of aromatic nitrogens is 1. The number of nitrogens with zero attached hydrogens (tertiary/aromatic N) is 1. The van der Waals surface area contributed by atoms with Gasteiger partial charge in [0.2, 0.25) is 10.0 Å². The molecule has 0 amide bonds. The summed E-state index contributed by atoms with van der Waals surface area (Å²) in [7, 11) is -3.49. The molecule has 1 N–H and O–H groups in total. The molecule has 0 aliphatic rings. The third kappa shape index (κ3) is 4.25. The summed E-state index contributed by atoms with van der Waals surface area (Å²) < 4.78 is 26.9. The number of hydrogen-bond acceptors (Lipinski definition) is 4. The average Bonchev–Trinajstić information content (AvgIpc) is 3.02. The molecule has 0 saturated carbocycles. The van der Waals surface area contributed by atoms with Crippen LogP contribution in [0.4, 0.5) is 0 Å². The third-order valence-corrected chi connectivity index (χ3v) is 5.70. The molecule has 0 aliphatic carbocycles. The second kappa shape index (κ2) is 7.04. The van der Waals surface area contributed by atoms with Crippen LogP contribution in [0.2, 0.25) is 0 Å². The Hall–Kier alpha value is -2.02. The molecule has 0 saturated heterocycles. The lowest BCUT2D eigenvalue weighted by atomic mass is 10.1. The van der Waals surface area contributed by atoms with Crippen molar-refractivity contribution >= 4 is 21.4 Å². The predicted octanol–water partition coefficient (Wildman–Crippen LogP) is 3.21. The van der Waals surface area contributed by atoms with Crippen LogP contribution in [0.25, 0.3) is 0 Å². The lowest BCUT2D eigenvalue weighted by molar-refractivity contribution is 0.581. The number of sulfonamides is 1. The summed E-state index contributed by atoms with van der Waals surface area (Å²) in [4.78, 5) is 5.68. The molecule has 3 rings (SSSR count). The highest BCUT2D eigenvalue weighted by Gasteiger charge is 2.14. The van der Waals surface area contributed by atoms with Crippen LogP contribution in [0.15, 0.2) is 71.8 Å². The quantitative estimate of drug-likeness (QED) is 0.747. The van der Waals surface area contributed by atoms with Gasteiger partial charge in [0.05, 0.1) is 11.4 Å². The first kappa shape index (κ1) is 15.9. The van der Waals surface area contributed by atoms with Gasteiger partial charge < -0.3 is 0 Å². The molecule has 23 heavy (non-hydrogen) atoms. The molecule has 118 valence electrons. The summed E-state index contributed by atoms with van der Waals surface area (Å²) in [5.74, 6) is 0. The highest BCUT2D eigenvalue weighted by atomic mass is 32.2. The molecule has 0 spiro atoms. The highest BCUT2D eigenvalue weighted by molar-refractivity contribution is 7.89. The first-order valence-corrected chi connectivity index (χ1v) is 9.46. The summed E-state index contributed by atoms with van der Waals surface area (Å²) in [6, 6.07) is 18.5. The van der Waals surface area contributed by atoms with Gasteiger partial charge in [-0.2, -0.15) is 0 Å². The summed E-state index contributed by atoms with van der Waals surface area (Å²) in [6.45, 7) is 0.205. The minimum absolute atomic E-state index is 0.205. The van der Waals surface area contributed by atoms with Gasteiger partial charge >= 0.3 is 0 Å². The number of hydrogen-bond donors (Lipinski definition) is 1. The molecule has 0 unspecified atom stereocenters. The lowest BCUT2D eigenvalue weighted by Gasteiger charge is -2.04. The maximum absolute atomic E-state index is 12.2. The van der Waals surface area contributed by atoms with E-state index in [1.54, 1.807) is 30.3 Å². The molecular weight excluding hydrogens is 328 g/mol. The Labute approximate surface area is 139 Å². The van der Waals surface area contributed by atoms with E-state index in [1.807, 2.05) is 24.4 Å². The molecule has 1 heterocycles. The highest BCUT2D eigenvalue weighted by Crippen LogP contribution is 2.18. The summed E-state index contributed by atoms with van der Waals surface area (Å²) >= 11 is 1.53. The van der Waals surface area contributed by atoms with Crippen molar-refractivity contribution in [1.29, 1.82) is 0 Å². The van der Waals surface area contributed by atoms with Gasteiger partial charge in [0.1, 0.15) is 5.01 Å². The van der Waals surface area contributed by atoms with E-state index in [4.69, 9.17) is 0 Å². The Morgan fingerprint density at radius 1 is 0.957 bits per heavy atom. The molecule has 0 aliphatic heterocycles. The van der Waals surface area contributed by atoms with Crippen molar-refractivity contribution in [3.8, 4) is 0 Å². The van der Waals surface area contributed by atoms with Gasteiger partial charge in [-0.3, -0.25) is 0 Å². The van der Waals surface area contributed by atoms with E-state index in [-0.39, 0.29) is 11.4 Å². The minimum atomic E-state index is -3.49. The van der Waals surface area contributed by atoms with Crippen molar-refractivity contribution in [3.63, 3.8) is 0 Å². The fourth-order valence-electron chi connectivity index (χ4n) is 2.15. The predicted molar refractivity (Wildman–Crippen MR) is 91.8 cm³/mol. The molecule has 0 atom stereocenters. The van der Waals surface area contributed by atoms with Crippen LogP contribution >= 0.6 is 11.3 Å². The molecule has 4 nitrogen and oxygen atoms in total. The molecule has 2 aromatic carbocycles. The van der Waals surface area contributed by atoms with E-state index in [0.29, 0.717) is 0 Å². The van der Waals surface area contributed by atoms with Gasteiger partial charge in [-0.1, -0.05) is 48.5 Å². The molecule has 0 fully saturated rings. The number of benzene rings is 2. The molecule has 3 aromatic rings. The Bertz CT molecular complexity index is 860. The van der Waals surface area contributed by atoms with E-state index >= 15 is 0 Å². The second-order valence-corrected chi connectivity index (χ2v) is 7.99. The van der Waals surface area contributed by atoms with E-state index in [2.05, 4.69) is 21.8 Å². The Morgan fingerprint density at radius 2 is 1.61 bits per heavy atom. The number of rotatable bonds is 6. The first-order chi connectivity index (χ1) is 11.1. The van der Waals surface area contributed by atoms with Crippen molar-refractivity contribution in [1.82, 2.24) is 9.71 Å². The van der Waals surface area contributed by atoms with Crippen molar-refractivity contribution in [3.05, 3.63) is 82.3 Å². The second-order valence-electron chi connectivity index (χ2n) is 5.02. The van der Waals surface area contributed by atoms with Gasteiger partial charge in [0.25, 0.3) is 0 Å². The van der Waals surface area contributed by atoms with Crippen molar-refractivity contribution < 1.29 is 8.42 Å². The molecule has 0 bridgehead atoms. The van der Waals surface area contributed by atoms with Gasteiger partial charge in [0, 0.05) is 17.5 Å². The van der Waals surface area contributed by atoms with Gasteiger partial charge in [-0.25, -0.2) is 18.1 Å². The van der Waals surface area contributed by atoms with Crippen molar-refractivity contribution in [2.24, 2.45) is 0 Å². The Balaban J connectivity index is 1.63. The zero-order chi connectivity index (χ0) is 16.1. The SMILES string of the molecule is O=S(=O)(NCc1ncc(Cc2ccccc2)s1)c1ccccc1. The van der Waals surface area contributed by atoms with E-state index < -0.39 is 10.0 Å². The molecule has 0 radical (unpaired) electrons. The van der Waals surface area contributed by atoms with Crippen LogP contribution in [0.5, 0.6) is 0 Å². The zero-order valence-electron chi connectivity index (χ0n) is 12.3. The maximum Gasteiger partial charge on any atom is 0.240 e. The summed E-state index contributed by atoms with van der Waals surface area (Å²) in [5, 5.41) is 0.760. The van der Waals surface area contributed by atoms with Gasteiger partial charge in [0.15, 0.2) is 0 Å². The van der Waals surface area contributed by atoms with Crippen LogP contribution < -0.4 is 4.72 Å². The van der Waals surface area contributed by atoms with E-state index in [1.165, 1.54) is 16.9 Å². The smallest absolute Gasteiger partial charge is 0.240 e. The van der Waals surface area contributed by atoms with E-state index in [9.17, 15) is 8.42 Å². The van der Waals surface area contributed by atoms with Crippen molar-refractivity contribution in [2.45, 2.75) is 17.9 Å². The average molecular weight is 344 g/mol. The summed E-state index contributed by atoms with van der Waals surface area (Å²) in [6.07, 6.45) is 2.62. The molecular formula is C17H16N2O2S2. The first-order valence-electron chi connectivity index (χ1n) is 7.16. The lowest BCUT2D eigenvalue weighted by Crippen LogP contribution is -2.23. The largest absolute Gasteiger partial charge is 0.248 e. The number of thiazole rings is 1. The minimum Gasteiger partial charge on any atom is -0.248 e. The van der Waals surface area contributed by atoms with Crippen LogP contribution in [0.1, 0.15) is 15.4 Å². The summed E-state index contributed by atoms with van der Waals surface area (Å²) in [5.41, 5.74) is 1.22. The van der Waals surface area contributed by atoms with Crippen LogP contribution in [0, 0.1) is 0 Å². The molecule has 6 heteroatoms. The maximum atomic E-state index is 12.2. The molecule has 1 aromatic heterocycles. The Kier molecular flexibility index (Phi) is 4.85. The normalized spacial score (nSPS) is 11.5.